The van der Waals surface area contributed by atoms with E-state index in [2.05, 4.69) is 30.6 Å². The molecule has 0 aromatic heterocycles. The van der Waals surface area contributed by atoms with Crippen molar-refractivity contribution in [1.29, 1.82) is 0 Å². The van der Waals surface area contributed by atoms with Crippen molar-refractivity contribution in [1.82, 2.24) is 0 Å². The molecule has 0 bridgehead atoms. The van der Waals surface area contributed by atoms with Gasteiger partial charge in [0.2, 0.25) is 0 Å². The van der Waals surface area contributed by atoms with Crippen molar-refractivity contribution in [3.8, 4) is 23.7 Å². The van der Waals surface area contributed by atoms with Gasteiger partial charge in [-0.1, -0.05) is 48.2 Å². The highest BCUT2D eigenvalue weighted by Crippen LogP contribution is 1.99. The van der Waals surface area contributed by atoms with E-state index in [1.165, 1.54) is 0 Å². The van der Waals surface area contributed by atoms with Gasteiger partial charge in [0.05, 0.1) is 0 Å². The van der Waals surface area contributed by atoms with Crippen LogP contribution in [-0.2, 0) is 10.9 Å². The van der Waals surface area contributed by atoms with Gasteiger partial charge in [-0.2, -0.15) is 0 Å². The van der Waals surface area contributed by atoms with Gasteiger partial charge < -0.3 is 0 Å². The van der Waals surface area contributed by atoms with E-state index in [0.717, 1.165) is 28.4 Å². The van der Waals surface area contributed by atoms with E-state index in [9.17, 15) is 0 Å². The lowest BCUT2D eigenvalue weighted by Gasteiger charge is -1.97. The Morgan fingerprint density at radius 1 is 0.714 bits per heavy atom. The molecule has 1 heteroatoms. The summed E-state index contributed by atoms with van der Waals surface area (Å²) in [6.45, 7) is 2.22. The van der Waals surface area contributed by atoms with Gasteiger partial charge in [-0.25, -0.2) is 0 Å². The molecule has 0 nitrogen and oxygen atoms in total. The molecule has 0 unspecified atom stereocenters. The average Bonchev–Trinajstić information content (AvgIpc) is 2.55. The molecule has 0 aliphatic heterocycles. The molecule has 0 amide bonds. The lowest BCUT2D eigenvalue weighted by Crippen LogP contribution is -2.12. The molecule has 0 saturated heterocycles. The van der Waals surface area contributed by atoms with Crippen molar-refractivity contribution < 1.29 is 0 Å². The van der Waals surface area contributed by atoms with Gasteiger partial charge in [0.1, 0.15) is 5.75 Å². The maximum absolute atomic E-state index is 3.30. The van der Waals surface area contributed by atoms with Crippen molar-refractivity contribution >= 4 is 10.9 Å². The van der Waals surface area contributed by atoms with Crippen molar-refractivity contribution in [3.63, 3.8) is 0 Å². The second kappa shape index (κ2) is 8.96. The second-order valence-corrected chi connectivity index (χ2v) is 6.90. The zero-order chi connectivity index (χ0) is 14.8. The van der Waals surface area contributed by atoms with Crippen LogP contribution >= 0.6 is 0 Å². The summed E-state index contributed by atoms with van der Waals surface area (Å²) < 4.78 is 0. The van der Waals surface area contributed by atoms with E-state index in [1.54, 1.807) is 0 Å². The van der Waals surface area contributed by atoms with Crippen LogP contribution in [0, 0.1) is 23.7 Å². The van der Waals surface area contributed by atoms with E-state index in [1.807, 2.05) is 60.7 Å². The topological polar surface area (TPSA) is 0 Å². The standard InChI is InChI=1S/C20H19S/c1-2-21(17-9-15-19-11-5-3-6-12-19)18-10-16-20-13-7-4-8-14-20/h3-8,11-14H,2,17-18H2,1H3/q+1. The largest absolute Gasteiger partial charge is 0.169 e. The number of benzene rings is 2. The molecule has 0 aliphatic carbocycles. The molecule has 0 spiro atoms. The molecular weight excluding hydrogens is 272 g/mol. The molecule has 2 aromatic rings. The summed E-state index contributed by atoms with van der Waals surface area (Å²) in [5.74, 6) is 16.1. The Kier molecular flexibility index (Phi) is 6.53. The third-order valence-electron chi connectivity index (χ3n) is 2.97. The van der Waals surface area contributed by atoms with Crippen LogP contribution in [0.2, 0.25) is 0 Å². The monoisotopic (exact) mass is 291 g/mol. The van der Waals surface area contributed by atoms with E-state index < -0.39 is 0 Å². The molecule has 0 atom stereocenters. The Morgan fingerprint density at radius 3 is 1.52 bits per heavy atom. The molecule has 104 valence electrons. The number of rotatable bonds is 3. The van der Waals surface area contributed by atoms with Gasteiger partial charge in [-0.05, 0) is 43.0 Å². The fraction of sp³-hybridized carbons (Fsp3) is 0.200. The van der Waals surface area contributed by atoms with Crippen molar-refractivity contribution in [2.75, 3.05) is 17.3 Å². The minimum Gasteiger partial charge on any atom is -0.0622 e. The molecule has 0 saturated carbocycles. The van der Waals surface area contributed by atoms with E-state index in [-0.39, 0.29) is 10.9 Å². The van der Waals surface area contributed by atoms with Crippen molar-refractivity contribution in [2.45, 2.75) is 6.92 Å². The first kappa shape index (κ1) is 15.3. The highest BCUT2D eigenvalue weighted by molar-refractivity contribution is 7.97. The SMILES string of the molecule is CC[S+](CC#Cc1ccccc1)CC#Cc1ccccc1. The Bertz CT molecular complexity index is 591. The first-order valence-corrected chi connectivity index (χ1v) is 8.83. The molecule has 0 fully saturated rings. The summed E-state index contributed by atoms with van der Waals surface area (Å²) in [6, 6.07) is 20.3. The van der Waals surface area contributed by atoms with Gasteiger partial charge in [0.25, 0.3) is 0 Å². The quantitative estimate of drug-likeness (QED) is 0.597. The molecule has 21 heavy (non-hydrogen) atoms. The lowest BCUT2D eigenvalue weighted by atomic mass is 10.2. The predicted molar refractivity (Wildman–Crippen MR) is 94.3 cm³/mol. The fourth-order valence-corrected chi connectivity index (χ4v) is 2.84. The van der Waals surface area contributed by atoms with Crippen molar-refractivity contribution in [3.05, 3.63) is 71.8 Å². The maximum atomic E-state index is 3.30. The molecule has 2 rings (SSSR count). The van der Waals surface area contributed by atoms with Crippen LogP contribution in [0.3, 0.4) is 0 Å². The first-order valence-electron chi connectivity index (χ1n) is 7.10. The molecule has 2 aromatic carbocycles. The maximum Gasteiger partial charge on any atom is 0.169 e. The normalized spacial score (nSPS) is 9.43. The Labute approximate surface area is 130 Å². The Morgan fingerprint density at radius 2 is 1.14 bits per heavy atom. The highest BCUT2D eigenvalue weighted by Gasteiger charge is 2.10. The lowest BCUT2D eigenvalue weighted by molar-refractivity contribution is 1.48. The molecule has 0 aliphatic rings. The van der Waals surface area contributed by atoms with Crippen LogP contribution < -0.4 is 0 Å². The van der Waals surface area contributed by atoms with Crippen molar-refractivity contribution in [2.24, 2.45) is 0 Å². The van der Waals surface area contributed by atoms with Crippen LogP contribution in [0.15, 0.2) is 60.7 Å². The minimum absolute atomic E-state index is 0.274. The fourth-order valence-electron chi connectivity index (χ4n) is 1.78. The zero-order valence-electron chi connectivity index (χ0n) is 12.3. The zero-order valence-corrected chi connectivity index (χ0v) is 13.1. The Hall–Kier alpha value is -2.09. The van der Waals surface area contributed by atoms with Crippen LogP contribution in [-0.4, -0.2) is 17.3 Å². The molecule has 0 heterocycles. The van der Waals surface area contributed by atoms with Gasteiger partial charge >= 0.3 is 0 Å². The van der Waals surface area contributed by atoms with Gasteiger partial charge in [-0.3, -0.25) is 0 Å². The summed E-state index contributed by atoms with van der Waals surface area (Å²) in [6.07, 6.45) is 0. The molecular formula is C20H19S+. The number of hydrogen-bond acceptors (Lipinski definition) is 0. The van der Waals surface area contributed by atoms with Crippen LogP contribution in [0.25, 0.3) is 0 Å². The smallest absolute Gasteiger partial charge is 0.0622 e. The second-order valence-electron chi connectivity index (χ2n) is 4.53. The predicted octanol–water partition coefficient (Wildman–Crippen LogP) is 3.73. The molecule has 0 N–H and O–H groups in total. The summed E-state index contributed by atoms with van der Waals surface area (Å²) in [5.41, 5.74) is 2.18. The summed E-state index contributed by atoms with van der Waals surface area (Å²) >= 11 is 0. The van der Waals surface area contributed by atoms with E-state index in [0.29, 0.717) is 0 Å². The molecule has 0 radical (unpaired) electrons. The third-order valence-corrected chi connectivity index (χ3v) is 4.90. The van der Waals surface area contributed by atoms with Crippen LogP contribution in [0.4, 0.5) is 0 Å². The minimum atomic E-state index is 0.274. The highest BCUT2D eigenvalue weighted by atomic mass is 32.2. The number of hydrogen-bond donors (Lipinski definition) is 0. The van der Waals surface area contributed by atoms with Crippen LogP contribution in [0.5, 0.6) is 0 Å². The van der Waals surface area contributed by atoms with E-state index in [4.69, 9.17) is 0 Å². The van der Waals surface area contributed by atoms with E-state index >= 15 is 0 Å². The summed E-state index contributed by atoms with van der Waals surface area (Å²) in [5, 5.41) is 0. The van der Waals surface area contributed by atoms with Crippen LogP contribution in [0.1, 0.15) is 18.1 Å². The third kappa shape index (κ3) is 5.82. The van der Waals surface area contributed by atoms with Gasteiger partial charge in [-0.15, -0.1) is 0 Å². The summed E-state index contributed by atoms with van der Waals surface area (Å²) in [4.78, 5) is 0. The Balaban J connectivity index is 1.87. The average molecular weight is 291 g/mol. The summed E-state index contributed by atoms with van der Waals surface area (Å²) in [7, 11) is 0.274. The van der Waals surface area contributed by atoms with Gasteiger partial charge in [0.15, 0.2) is 11.5 Å². The van der Waals surface area contributed by atoms with Gasteiger partial charge in [0, 0.05) is 22.0 Å². The first-order chi connectivity index (χ1) is 10.4.